The fourth-order valence-corrected chi connectivity index (χ4v) is 2.65. The lowest BCUT2D eigenvalue weighted by atomic mass is 9.88. The summed E-state index contributed by atoms with van der Waals surface area (Å²) in [5.74, 6) is 2.87. The van der Waals surface area contributed by atoms with Gasteiger partial charge in [0.25, 0.3) is 0 Å². The van der Waals surface area contributed by atoms with E-state index in [0.717, 1.165) is 17.6 Å². The fraction of sp³-hybridized carbons (Fsp3) is 1.00. The van der Waals surface area contributed by atoms with E-state index < -0.39 is 0 Å². The first kappa shape index (κ1) is 8.45. The predicted molar refractivity (Wildman–Crippen MR) is 49.5 cm³/mol. The van der Waals surface area contributed by atoms with Crippen LogP contribution in [0.4, 0.5) is 0 Å². The summed E-state index contributed by atoms with van der Waals surface area (Å²) in [7, 11) is 0. The van der Waals surface area contributed by atoms with Gasteiger partial charge >= 0.3 is 0 Å². The molecule has 1 heteroatoms. The maximum absolute atomic E-state index is 4.37. The van der Waals surface area contributed by atoms with E-state index in [9.17, 15) is 0 Å². The molecule has 0 amide bonds. The highest BCUT2D eigenvalue weighted by Gasteiger charge is 2.50. The van der Waals surface area contributed by atoms with Gasteiger partial charge in [-0.05, 0) is 29.4 Å². The van der Waals surface area contributed by atoms with Crippen molar-refractivity contribution < 1.29 is 0 Å². The zero-order valence-corrected chi connectivity index (χ0v) is 8.12. The van der Waals surface area contributed by atoms with Crippen molar-refractivity contribution in [1.82, 2.24) is 0 Å². The molecule has 0 bridgehead atoms. The van der Waals surface area contributed by atoms with Gasteiger partial charge in [0.05, 0.1) is 0 Å². The first-order chi connectivity index (χ1) is 4.65. The van der Waals surface area contributed by atoms with Gasteiger partial charge in [0.2, 0.25) is 0 Å². The number of hydrogen-bond acceptors (Lipinski definition) is 1. The molecule has 1 rings (SSSR count). The van der Waals surface area contributed by atoms with E-state index in [2.05, 4.69) is 33.4 Å². The Hall–Kier alpha value is 0.350. The maximum Gasteiger partial charge on any atom is -0.00643 e. The van der Waals surface area contributed by atoms with Crippen LogP contribution >= 0.6 is 12.6 Å². The molecule has 0 spiro atoms. The van der Waals surface area contributed by atoms with Crippen molar-refractivity contribution in [2.24, 2.45) is 17.3 Å². The summed E-state index contributed by atoms with van der Waals surface area (Å²) < 4.78 is 0. The lowest BCUT2D eigenvalue weighted by Gasteiger charge is -2.20. The largest absolute Gasteiger partial charge is 0.179 e. The summed E-state index contributed by atoms with van der Waals surface area (Å²) in [5, 5.41) is 0. The molecular formula is C9H18S. The van der Waals surface area contributed by atoms with Crippen LogP contribution in [-0.2, 0) is 0 Å². The van der Waals surface area contributed by atoms with Gasteiger partial charge in [-0.1, -0.05) is 27.2 Å². The molecule has 0 N–H and O–H groups in total. The molecule has 0 aliphatic heterocycles. The van der Waals surface area contributed by atoms with E-state index >= 15 is 0 Å². The molecule has 0 radical (unpaired) electrons. The highest BCUT2D eigenvalue weighted by atomic mass is 32.1. The van der Waals surface area contributed by atoms with Crippen LogP contribution < -0.4 is 0 Å². The second-order valence-corrected chi connectivity index (χ2v) is 4.26. The first-order valence-corrected chi connectivity index (χ1v) is 4.89. The van der Waals surface area contributed by atoms with Crippen LogP contribution in [0.5, 0.6) is 0 Å². The van der Waals surface area contributed by atoms with Crippen LogP contribution in [0.15, 0.2) is 0 Å². The van der Waals surface area contributed by atoms with Gasteiger partial charge in [-0.3, -0.25) is 0 Å². The second-order valence-electron chi connectivity index (χ2n) is 3.90. The Morgan fingerprint density at radius 2 is 2.20 bits per heavy atom. The summed E-state index contributed by atoms with van der Waals surface area (Å²) in [4.78, 5) is 0. The molecule has 1 saturated carbocycles. The summed E-state index contributed by atoms with van der Waals surface area (Å²) in [6.07, 6.45) is 2.72. The molecule has 0 aromatic rings. The van der Waals surface area contributed by atoms with E-state index in [1.165, 1.54) is 12.8 Å². The Bertz CT molecular complexity index is 118. The van der Waals surface area contributed by atoms with Crippen molar-refractivity contribution in [3.8, 4) is 0 Å². The van der Waals surface area contributed by atoms with Crippen LogP contribution in [0.3, 0.4) is 0 Å². The van der Waals surface area contributed by atoms with Gasteiger partial charge in [0.15, 0.2) is 0 Å². The third kappa shape index (κ3) is 1.20. The highest BCUT2D eigenvalue weighted by molar-refractivity contribution is 7.80. The Labute approximate surface area is 69.8 Å². The Kier molecular flexibility index (Phi) is 2.34. The molecule has 1 aliphatic carbocycles. The molecular weight excluding hydrogens is 140 g/mol. The van der Waals surface area contributed by atoms with E-state index in [4.69, 9.17) is 0 Å². The second kappa shape index (κ2) is 2.77. The molecule has 0 heterocycles. The molecule has 0 aromatic carbocycles. The van der Waals surface area contributed by atoms with Gasteiger partial charge in [0.1, 0.15) is 0 Å². The van der Waals surface area contributed by atoms with Gasteiger partial charge in [-0.2, -0.15) is 12.6 Å². The predicted octanol–water partition coefficient (Wildman–Crippen LogP) is 2.99. The quantitative estimate of drug-likeness (QED) is 0.600. The van der Waals surface area contributed by atoms with E-state index in [1.54, 1.807) is 0 Å². The Morgan fingerprint density at radius 1 is 1.70 bits per heavy atom. The van der Waals surface area contributed by atoms with Crippen LogP contribution in [0, 0.1) is 17.3 Å². The molecule has 3 atom stereocenters. The van der Waals surface area contributed by atoms with Crippen molar-refractivity contribution in [3.63, 3.8) is 0 Å². The zero-order valence-electron chi connectivity index (χ0n) is 7.22. The monoisotopic (exact) mass is 158 g/mol. The van der Waals surface area contributed by atoms with Gasteiger partial charge in [0, 0.05) is 0 Å². The van der Waals surface area contributed by atoms with Gasteiger partial charge in [-0.25, -0.2) is 0 Å². The van der Waals surface area contributed by atoms with Crippen molar-refractivity contribution in [2.75, 3.05) is 5.75 Å². The number of thiol groups is 1. The van der Waals surface area contributed by atoms with E-state index in [1.807, 2.05) is 0 Å². The smallest absolute Gasteiger partial charge is 0.00643 e. The SMILES string of the molecule is CCC(CS)C1(C)CC1C. The first-order valence-electron chi connectivity index (χ1n) is 4.26. The van der Waals surface area contributed by atoms with Crippen LogP contribution in [0.25, 0.3) is 0 Å². The van der Waals surface area contributed by atoms with Crippen LogP contribution in [0.1, 0.15) is 33.6 Å². The van der Waals surface area contributed by atoms with E-state index in [-0.39, 0.29) is 0 Å². The molecule has 0 aromatic heterocycles. The highest BCUT2D eigenvalue weighted by Crippen LogP contribution is 2.58. The lowest BCUT2D eigenvalue weighted by molar-refractivity contribution is 0.335. The summed E-state index contributed by atoms with van der Waals surface area (Å²) in [5.41, 5.74) is 0.649. The minimum Gasteiger partial charge on any atom is -0.179 e. The number of rotatable bonds is 3. The molecule has 1 fully saturated rings. The number of hydrogen-bond donors (Lipinski definition) is 1. The average molecular weight is 158 g/mol. The van der Waals surface area contributed by atoms with Crippen molar-refractivity contribution in [3.05, 3.63) is 0 Å². The minimum atomic E-state index is 0.649. The third-order valence-electron chi connectivity index (χ3n) is 3.36. The Balaban J connectivity index is 2.46. The lowest BCUT2D eigenvalue weighted by Crippen LogP contribution is -2.15. The van der Waals surface area contributed by atoms with Gasteiger partial charge in [-0.15, -0.1) is 0 Å². The summed E-state index contributed by atoms with van der Waals surface area (Å²) >= 11 is 4.37. The van der Waals surface area contributed by atoms with E-state index in [0.29, 0.717) is 5.41 Å². The van der Waals surface area contributed by atoms with Crippen molar-refractivity contribution >= 4 is 12.6 Å². The average Bonchev–Trinajstić information content (AvgIpc) is 2.44. The molecule has 0 saturated heterocycles. The molecule has 1 aliphatic rings. The minimum absolute atomic E-state index is 0.649. The topological polar surface area (TPSA) is 0 Å². The standard InChI is InChI=1S/C9H18S/c1-4-8(6-10)9(3)5-7(9)2/h7-8,10H,4-6H2,1-3H3. The van der Waals surface area contributed by atoms with Crippen molar-refractivity contribution in [1.29, 1.82) is 0 Å². The van der Waals surface area contributed by atoms with Crippen molar-refractivity contribution in [2.45, 2.75) is 33.6 Å². The third-order valence-corrected chi connectivity index (χ3v) is 3.80. The van der Waals surface area contributed by atoms with Crippen LogP contribution in [0.2, 0.25) is 0 Å². The molecule has 0 nitrogen and oxygen atoms in total. The van der Waals surface area contributed by atoms with Gasteiger partial charge < -0.3 is 0 Å². The maximum atomic E-state index is 4.37. The molecule has 10 heavy (non-hydrogen) atoms. The summed E-state index contributed by atoms with van der Waals surface area (Å²) in [6.45, 7) is 7.03. The molecule has 60 valence electrons. The fourth-order valence-electron chi connectivity index (χ4n) is 1.97. The zero-order chi connectivity index (χ0) is 7.78. The molecule has 3 unspecified atom stereocenters. The van der Waals surface area contributed by atoms with Crippen LogP contribution in [-0.4, -0.2) is 5.75 Å². The summed E-state index contributed by atoms with van der Waals surface area (Å²) in [6, 6.07) is 0. The Morgan fingerprint density at radius 3 is 2.30 bits per heavy atom. The normalized spacial score (nSPS) is 41.4.